The van der Waals surface area contributed by atoms with E-state index in [4.69, 9.17) is 0 Å². The fourth-order valence-electron chi connectivity index (χ4n) is 3.76. The Morgan fingerprint density at radius 2 is 1.50 bits per heavy atom. The molecule has 0 unspecified atom stereocenters. The van der Waals surface area contributed by atoms with Gasteiger partial charge in [-0.05, 0) is 29.5 Å². The standard InChI is InChI=1S/C26H21N3O2S/c1-32-24-21(16-27)25(30)29-15-9-8-14-22(29)23(24)26(31)28(17-19-10-4-2-5-11-19)18-20-12-6-3-7-13-20/h2-15H,17-18H2,1H3. The number of thioether (sulfide) groups is 1. The Morgan fingerprint density at radius 3 is 2.03 bits per heavy atom. The Kier molecular flexibility index (Phi) is 6.39. The first-order chi connectivity index (χ1) is 15.6. The molecule has 2 heterocycles. The lowest BCUT2D eigenvalue weighted by Crippen LogP contribution is -2.32. The Morgan fingerprint density at radius 1 is 0.938 bits per heavy atom. The molecule has 1 amide bonds. The number of rotatable bonds is 6. The minimum Gasteiger partial charge on any atom is -0.330 e. The first-order valence-corrected chi connectivity index (χ1v) is 11.3. The largest absolute Gasteiger partial charge is 0.330 e. The van der Waals surface area contributed by atoms with Crippen molar-refractivity contribution in [3.05, 3.63) is 118 Å². The molecule has 4 aromatic rings. The molecule has 0 fully saturated rings. The molecule has 0 radical (unpaired) electrons. The molecule has 2 aromatic heterocycles. The normalized spacial score (nSPS) is 10.6. The summed E-state index contributed by atoms with van der Waals surface area (Å²) in [5, 5.41) is 9.70. The Balaban J connectivity index is 1.89. The van der Waals surface area contributed by atoms with Crippen molar-refractivity contribution in [2.24, 2.45) is 0 Å². The van der Waals surface area contributed by atoms with Crippen LogP contribution in [0.4, 0.5) is 0 Å². The summed E-state index contributed by atoms with van der Waals surface area (Å²) in [6, 6.07) is 26.9. The summed E-state index contributed by atoms with van der Waals surface area (Å²) in [4.78, 5) is 29.1. The van der Waals surface area contributed by atoms with Gasteiger partial charge < -0.3 is 4.90 Å². The molecule has 0 aliphatic rings. The molecule has 0 saturated carbocycles. The van der Waals surface area contributed by atoms with Gasteiger partial charge in [0.15, 0.2) is 0 Å². The highest BCUT2D eigenvalue weighted by molar-refractivity contribution is 7.98. The van der Waals surface area contributed by atoms with Gasteiger partial charge in [-0.25, -0.2) is 0 Å². The first-order valence-electron chi connectivity index (χ1n) is 10.1. The molecule has 0 N–H and O–H groups in total. The monoisotopic (exact) mass is 439 g/mol. The van der Waals surface area contributed by atoms with E-state index in [0.717, 1.165) is 11.1 Å². The number of carbonyl (C=O) groups excluding carboxylic acids is 1. The molecule has 0 atom stereocenters. The van der Waals surface area contributed by atoms with Crippen LogP contribution >= 0.6 is 11.8 Å². The van der Waals surface area contributed by atoms with E-state index in [1.807, 2.05) is 66.7 Å². The van der Waals surface area contributed by atoms with Crippen LogP contribution < -0.4 is 5.56 Å². The van der Waals surface area contributed by atoms with E-state index in [9.17, 15) is 14.9 Å². The summed E-state index contributed by atoms with van der Waals surface area (Å²) in [5.41, 5.74) is 2.45. The summed E-state index contributed by atoms with van der Waals surface area (Å²) in [5.74, 6) is -0.220. The maximum absolute atomic E-state index is 14.0. The molecule has 0 bridgehead atoms. The van der Waals surface area contributed by atoms with Crippen molar-refractivity contribution in [2.75, 3.05) is 6.26 Å². The molecular weight excluding hydrogens is 418 g/mol. The van der Waals surface area contributed by atoms with Gasteiger partial charge in [-0.2, -0.15) is 5.26 Å². The summed E-state index contributed by atoms with van der Waals surface area (Å²) < 4.78 is 1.38. The number of carbonyl (C=O) groups is 1. The van der Waals surface area contributed by atoms with Gasteiger partial charge >= 0.3 is 0 Å². The van der Waals surface area contributed by atoms with E-state index in [2.05, 4.69) is 0 Å². The molecular formula is C26H21N3O2S. The van der Waals surface area contributed by atoms with Gasteiger partial charge in [-0.3, -0.25) is 14.0 Å². The Labute approximate surface area is 190 Å². The van der Waals surface area contributed by atoms with Gasteiger partial charge in [0.2, 0.25) is 0 Å². The minimum absolute atomic E-state index is 0.0103. The van der Waals surface area contributed by atoms with Crippen LogP contribution in [0.5, 0.6) is 0 Å². The molecule has 158 valence electrons. The number of nitrogens with zero attached hydrogens (tertiary/aromatic N) is 3. The lowest BCUT2D eigenvalue weighted by Gasteiger charge is -2.25. The van der Waals surface area contributed by atoms with Crippen molar-refractivity contribution in [3.63, 3.8) is 0 Å². The maximum Gasteiger partial charge on any atom is 0.274 e. The topological polar surface area (TPSA) is 65.6 Å². The first kappa shape index (κ1) is 21.4. The number of nitriles is 1. The quantitative estimate of drug-likeness (QED) is 0.407. The fourth-order valence-corrected chi connectivity index (χ4v) is 4.49. The van der Waals surface area contributed by atoms with Gasteiger partial charge in [0, 0.05) is 24.2 Å². The number of aromatic nitrogens is 1. The molecule has 4 rings (SSSR count). The lowest BCUT2D eigenvalue weighted by molar-refractivity contribution is 0.0728. The summed E-state index contributed by atoms with van der Waals surface area (Å²) >= 11 is 1.25. The SMILES string of the molecule is CSc1c(C#N)c(=O)n2ccccc2c1C(=O)N(Cc1ccccc1)Cc1ccccc1. The van der Waals surface area contributed by atoms with Gasteiger partial charge in [-0.1, -0.05) is 66.7 Å². The summed E-state index contributed by atoms with van der Waals surface area (Å²) in [6.45, 7) is 0.810. The Hall–Kier alpha value is -3.82. The zero-order chi connectivity index (χ0) is 22.5. The average molecular weight is 440 g/mol. The molecule has 32 heavy (non-hydrogen) atoms. The van der Waals surface area contributed by atoms with Crippen molar-refractivity contribution >= 4 is 23.2 Å². The highest BCUT2D eigenvalue weighted by Crippen LogP contribution is 2.28. The smallest absolute Gasteiger partial charge is 0.274 e. The second-order valence-electron chi connectivity index (χ2n) is 7.29. The summed E-state index contributed by atoms with van der Waals surface area (Å²) in [6.07, 6.45) is 3.38. The van der Waals surface area contributed by atoms with Crippen molar-refractivity contribution in [1.82, 2.24) is 9.30 Å². The predicted molar refractivity (Wildman–Crippen MR) is 127 cm³/mol. The molecule has 0 spiro atoms. The van der Waals surface area contributed by atoms with Crippen LogP contribution in [0.2, 0.25) is 0 Å². The van der Waals surface area contributed by atoms with Crippen molar-refractivity contribution in [1.29, 1.82) is 5.26 Å². The molecule has 0 saturated heterocycles. The molecule has 2 aromatic carbocycles. The molecule has 5 nitrogen and oxygen atoms in total. The number of fused-ring (bicyclic) bond motifs is 1. The molecule has 0 aliphatic heterocycles. The number of hydrogen-bond donors (Lipinski definition) is 0. The molecule has 6 heteroatoms. The van der Waals surface area contributed by atoms with E-state index in [-0.39, 0.29) is 11.5 Å². The van der Waals surface area contributed by atoms with E-state index in [1.54, 1.807) is 35.6 Å². The van der Waals surface area contributed by atoms with Crippen LogP contribution in [-0.2, 0) is 13.1 Å². The van der Waals surface area contributed by atoms with Crippen LogP contribution in [0.1, 0.15) is 27.0 Å². The van der Waals surface area contributed by atoms with Gasteiger partial charge in [0.25, 0.3) is 11.5 Å². The zero-order valence-corrected chi connectivity index (χ0v) is 18.4. The van der Waals surface area contributed by atoms with Gasteiger partial charge in [-0.15, -0.1) is 11.8 Å². The number of hydrogen-bond acceptors (Lipinski definition) is 4. The third-order valence-electron chi connectivity index (χ3n) is 5.25. The zero-order valence-electron chi connectivity index (χ0n) is 17.6. The van der Waals surface area contributed by atoms with E-state index in [1.165, 1.54) is 16.2 Å². The van der Waals surface area contributed by atoms with Gasteiger partial charge in [0.05, 0.1) is 11.1 Å². The lowest BCUT2D eigenvalue weighted by atomic mass is 10.1. The van der Waals surface area contributed by atoms with Crippen LogP contribution in [0.15, 0.2) is 94.7 Å². The highest BCUT2D eigenvalue weighted by atomic mass is 32.2. The van der Waals surface area contributed by atoms with E-state index < -0.39 is 5.56 Å². The van der Waals surface area contributed by atoms with Crippen LogP contribution in [0.3, 0.4) is 0 Å². The van der Waals surface area contributed by atoms with Crippen LogP contribution in [0.25, 0.3) is 5.52 Å². The highest BCUT2D eigenvalue weighted by Gasteiger charge is 2.26. The van der Waals surface area contributed by atoms with E-state index >= 15 is 0 Å². The predicted octanol–water partition coefficient (Wildman–Crippen LogP) is 4.74. The van der Waals surface area contributed by atoms with Crippen LogP contribution in [0, 0.1) is 11.3 Å². The number of amides is 1. The number of pyridine rings is 2. The van der Waals surface area contributed by atoms with Crippen molar-refractivity contribution in [2.45, 2.75) is 18.0 Å². The van der Waals surface area contributed by atoms with E-state index in [0.29, 0.717) is 29.1 Å². The van der Waals surface area contributed by atoms with Crippen LogP contribution in [-0.4, -0.2) is 21.5 Å². The number of benzene rings is 2. The van der Waals surface area contributed by atoms with Crippen molar-refractivity contribution < 1.29 is 4.79 Å². The minimum atomic E-state index is -0.415. The second-order valence-corrected chi connectivity index (χ2v) is 8.10. The Bertz CT molecular complexity index is 1320. The fraction of sp³-hybridized carbons (Fsp3) is 0.115. The summed E-state index contributed by atoms with van der Waals surface area (Å²) in [7, 11) is 0. The second kappa shape index (κ2) is 9.54. The average Bonchev–Trinajstić information content (AvgIpc) is 2.84. The third kappa shape index (κ3) is 4.16. The maximum atomic E-state index is 14.0. The van der Waals surface area contributed by atoms with Gasteiger partial charge in [0.1, 0.15) is 11.6 Å². The third-order valence-corrected chi connectivity index (χ3v) is 6.07. The molecule has 0 aliphatic carbocycles. The van der Waals surface area contributed by atoms with Crippen molar-refractivity contribution in [3.8, 4) is 6.07 Å².